The maximum absolute atomic E-state index is 15.8. The first kappa shape index (κ1) is 19.7. The molecular weight excluding hydrogens is 395 g/mol. The van der Waals surface area contributed by atoms with Gasteiger partial charge in [0.15, 0.2) is 0 Å². The van der Waals surface area contributed by atoms with Crippen LogP contribution in [0.2, 0.25) is 0 Å². The van der Waals surface area contributed by atoms with Gasteiger partial charge in [0.05, 0.1) is 11.4 Å². The van der Waals surface area contributed by atoms with E-state index in [2.05, 4.69) is 15.1 Å². The van der Waals surface area contributed by atoms with Gasteiger partial charge in [-0.2, -0.15) is 9.29 Å². The summed E-state index contributed by atoms with van der Waals surface area (Å²) >= 11 is 0. The Hall–Kier alpha value is -2.65. The molecule has 1 aliphatic heterocycles. The number of pyridine rings is 1. The number of sulfonamides is 1. The van der Waals surface area contributed by atoms with E-state index in [1.807, 2.05) is 6.92 Å². The molecular formula is C20H21FN4O3S. The molecule has 2 aromatic heterocycles. The lowest BCUT2D eigenvalue weighted by atomic mass is 9.96. The van der Waals surface area contributed by atoms with Gasteiger partial charge in [0.1, 0.15) is 0 Å². The number of aryl methyl sites for hydroxylation is 1. The van der Waals surface area contributed by atoms with E-state index in [9.17, 15) is 8.42 Å². The van der Waals surface area contributed by atoms with E-state index in [4.69, 9.17) is 4.52 Å². The van der Waals surface area contributed by atoms with Gasteiger partial charge in [-0.3, -0.25) is 4.98 Å². The molecule has 0 spiro atoms. The highest BCUT2D eigenvalue weighted by atomic mass is 32.2. The van der Waals surface area contributed by atoms with Crippen molar-refractivity contribution < 1.29 is 17.3 Å². The minimum atomic E-state index is -3.83. The van der Waals surface area contributed by atoms with Crippen molar-refractivity contribution in [2.24, 2.45) is 0 Å². The summed E-state index contributed by atoms with van der Waals surface area (Å²) < 4.78 is 48.6. The second kappa shape index (κ2) is 7.64. The maximum Gasteiger partial charge on any atom is 0.266 e. The van der Waals surface area contributed by atoms with Gasteiger partial charge >= 0.3 is 0 Å². The number of rotatable bonds is 5. The quantitative estimate of drug-likeness (QED) is 0.634. The summed E-state index contributed by atoms with van der Waals surface area (Å²) in [4.78, 5) is 8.34. The minimum Gasteiger partial charge on any atom is -0.335 e. The standard InChI is InChI=1S/C20H21FN4O3S/c1-2-15-6-3-4-7-17(15)29(26,27)25-13-5-10-20(21,14-25)19-23-18(24-28-19)16-8-11-22-12-9-16/h3-4,6-9,11-12H,2,5,10,13-14H2,1H3. The van der Waals surface area contributed by atoms with Gasteiger partial charge in [-0.05, 0) is 43.0 Å². The molecule has 7 nitrogen and oxygen atoms in total. The zero-order valence-electron chi connectivity index (χ0n) is 16.0. The number of hydrogen-bond acceptors (Lipinski definition) is 6. The van der Waals surface area contributed by atoms with Gasteiger partial charge in [-0.15, -0.1) is 0 Å². The molecule has 0 N–H and O–H groups in total. The molecule has 1 unspecified atom stereocenters. The van der Waals surface area contributed by atoms with E-state index in [0.29, 0.717) is 24.0 Å². The van der Waals surface area contributed by atoms with Crippen LogP contribution >= 0.6 is 0 Å². The van der Waals surface area contributed by atoms with Gasteiger partial charge in [-0.1, -0.05) is 30.3 Å². The molecule has 3 heterocycles. The van der Waals surface area contributed by atoms with Crippen LogP contribution in [0.25, 0.3) is 11.4 Å². The molecule has 0 radical (unpaired) electrons. The molecule has 1 fully saturated rings. The second-order valence-electron chi connectivity index (χ2n) is 7.03. The number of nitrogens with zero attached hydrogens (tertiary/aromatic N) is 4. The van der Waals surface area contributed by atoms with Crippen LogP contribution in [-0.4, -0.2) is 40.9 Å². The Labute approximate surface area is 168 Å². The van der Waals surface area contributed by atoms with Crippen LogP contribution in [0.5, 0.6) is 0 Å². The Bertz CT molecular complexity index is 1100. The zero-order valence-corrected chi connectivity index (χ0v) is 16.8. The van der Waals surface area contributed by atoms with Crippen molar-refractivity contribution in [1.29, 1.82) is 0 Å². The summed E-state index contributed by atoms with van der Waals surface area (Å²) in [6.07, 6.45) is 4.21. The van der Waals surface area contributed by atoms with Gasteiger partial charge in [0.25, 0.3) is 5.89 Å². The predicted octanol–water partition coefficient (Wildman–Crippen LogP) is 3.34. The number of hydrogen-bond donors (Lipinski definition) is 0. The third kappa shape index (κ3) is 3.67. The Kier molecular flexibility index (Phi) is 5.18. The molecule has 0 bridgehead atoms. The smallest absolute Gasteiger partial charge is 0.266 e. The van der Waals surface area contributed by atoms with E-state index >= 15 is 4.39 Å². The minimum absolute atomic E-state index is 0.117. The molecule has 0 aliphatic carbocycles. The molecule has 3 aromatic rings. The molecule has 1 atom stereocenters. The van der Waals surface area contributed by atoms with Crippen molar-refractivity contribution in [3.63, 3.8) is 0 Å². The number of piperidine rings is 1. The van der Waals surface area contributed by atoms with Crippen molar-refractivity contribution in [1.82, 2.24) is 19.4 Å². The zero-order chi connectivity index (χ0) is 20.5. The first-order valence-electron chi connectivity index (χ1n) is 9.45. The largest absolute Gasteiger partial charge is 0.335 e. The Morgan fingerprint density at radius 1 is 1.21 bits per heavy atom. The molecule has 0 amide bonds. The first-order valence-corrected chi connectivity index (χ1v) is 10.9. The maximum atomic E-state index is 15.8. The summed E-state index contributed by atoms with van der Waals surface area (Å²) in [5, 5.41) is 3.86. The van der Waals surface area contributed by atoms with E-state index in [-0.39, 0.29) is 36.1 Å². The van der Waals surface area contributed by atoms with Gasteiger partial charge < -0.3 is 4.52 Å². The van der Waals surface area contributed by atoms with Crippen LogP contribution in [0, 0.1) is 0 Å². The topological polar surface area (TPSA) is 89.2 Å². The molecule has 9 heteroatoms. The van der Waals surface area contributed by atoms with Gasteiger partial charge in [0, 0.05) is 24.5 Å². The van der Waals surface area contributed by atoms with E-state index in [1.54, 1.807) is 48.8 Å². The summed E-state index contributed by atoms with van der Waals surface area (Å²) in [6, 6.07) is 10.2. The lowest BCUT2D eigenvalue weighted by Gasteiger charge is -2.34. The highest BCUT2D eigenvalue weighted by molar-refractivity contribution is 7.89. The Morgan fingerprint density at radius 3 is 2.72 bits per heavy atom. The third-order valence-corrected chi connectivity index (χ3v) is 7.07. The molecule has 1 aromatic carbocycles. The average molecular weight is 416 g/mol. The normalized spacial score (nSPS) is 20.6. The Morgan fingerprint density at radius 2 is 1.97 bits per heavy atom. The Balaban J connectivity index is 1.63. The molecule has 29 heavy (non-hydrogen) atoms. The fraction of sp³-hybridized carbons (Fsp3) is 0.350. The fourth-order valence-electron chi connectivity index (χ4n) is 3.56. The van der Waals surface area contributed by atoms with Crippen LogP contribution in [0.15, 0.2) is 58.2 Å². The van der Waals surface area contributed by atoms with Crippen LogP contribution < -0.4 is 0 Å². The summed E-state index contributed by atoms with van der Waals surface area (Å²) in [7, 11) is -3.83. The van der Waals surface area contributed by atoms with E-state index < -0.39 is 15.7 Å². The second-order valence-corrected chi connectivity index (χ2v) is 8.93. The number of halogens is 1. The molecule has 4 rings (SSSR count). The number of alkyl halides is 1. The summed E-state index contributed by atoms with van der Waals surface area (Å²) in [5.41, 5.74) is -0.679. The predicted molar refractivity (Wildman–Crippen MR) is 104 cm³/mol. The summed E-state index contributed by atoms with van der Waals surface area (Å²) in [5.74, 6) is 0.0451. The van der Waals surface area contributed by atoms with Crippen LogP contribution in [0.3, 0.4) is 0 Å². The SMILES string of the molecule is CCc1ccccc1S(=O)(=O)N1CCCC(F)(c2nc(-c3ccncc3)no2)C1. The van der Waals surface area contributed by atoms with Crippen LogP contribution in [-0.2, 0) is 22.1 Å². The average Bonchev–Trinajstić information content (AvgIpc) is 3.26. The third-order valence-electron chi connectivity index (χ3n) is 5.13. The molecule has 152 valence electrons. The van der Waals surface area contributed by atoms with Crippen molar-refractivity contribution in [3.05, 3.63) is 60.2 Å². The summed E-state index contributed by atoms with van der Waals surface area (Å²) in [6.45, 7) is 1.78. The monoisotopic (exact) mass is 416 g/mol. The van der Waals surface area contributed by atoms with Crippen molar-refractivity contribution >= 4 is 10.0 Å². The van der Waals surface area contributed by atoms with Crippen LogP contribution in [0.1, 0.15) is 31.2 Å². The lowest BCUT2D eigenvalue weighted by Crippen LogP contribution is -2.46. The highest BCUT2D eigenvalue weighted by Crippen LogP contribution is 2.37. The van der Waals surface area contributed by atoms with Gasteiger partial charge in [0.2, 0.25) is 21.5 Å². The fourth-order valence-corrected chi connectivity index (χ4v) is 5.38. The molecule has 1 saturated heterocycles. The molecule has 0 saturated carbocycles. The highest BCUT2D eigenvalue weighted by Gasteiger charge is 2.46. The van der Waals surface area contributed by atoms with E-state index in [0.717, 1.165) is 0 Å². The number of benzene rings is 1. The first-order chi connectivity index (χ1) is 13.9. The number of aromatic nitrogens is 3. The van der Waals surface area contributed by atoms with E-state index in [1.165, 1.54) is 4.31 Å². The van der Waals surface area contributed by atoms with Crippen LogP contribution in [0.4, 0.5) is 4.39 Å². The van der Waals surface area contributed by atoms with Crippen molar-refractivity contribution in [3.8, 4) is 11.4 Å². The van der Waals surface area contributed by atoms with Gasteiger partial charge in [-0.25, -0.2) is 12.8 Å². The lowest BCUT2D eigenvalue weighted by molar-refractivity contribution is 0.0470. The van der Waals surface area contributed by atoms with Crippen molar-refractivity contribution in [2.75, 3.05) is 13.1 Å². The van der Waals surface area contributed by atoms with Crippen molar-refractivity contribution in [2.45, 2.75) is 36.8 Å². The molecule has 1 aliphatic rings.